The Morgan fingerprint density at radius 2 is 2.05 bits per heavy atom. The molecule has 0 amide bonds. The van der Waals surface area contributed by atoms with Gasteiger partial charge in [0.1, 0.15) is 0 Å². The number of anilines is 2. The van der Waals surface area contributed by atoms with Gasteiger partial charge in [0.2, 0.25) is 17.2 Å². The lowest BCUT2D eigenvalue weighted by Gasteiger charge is -2.26. The molecule has 3 heterocycles. The van der Waals surface area contributed by atoms with Gasteiger partial charge < -0.3 is 15.0 Å². The van der Waals surface area contributed by atoms with E-state index in [2.05, 4.69) is 20.3 Å². The van der Waals surface area contributed by atoms with Crippen LogP contribution in [0.15, 0.2) is 11.5 Å². The van der Waals surface area contributed by atoms with Crippen molar-refractivity contribution < 1.29 is 13.2 Å². The lowest BCUT2D eigenvalue weighted by molar-refractivity contribution is 0.122. The summed E-state index contributed by atoms with van der Waals surface area (Å²) in [6.45, 7) is 2.57. The molecule has 0 aliphatic carbocycles. The van der Waals surface area contributed by atoms with Gasteiger partial charge in [-0.25, -0.2) is 8.42 Å². The van der Waals surface area contributed by atoms with Gasteiger partial charge in [-0.2, -0.15) is 15.0 Å². The molecule has 114 valence electrons. The molecule has 2 aliphatic heterocycles. The highest BCUT2D eigenvalue weighted by Gasteiger charge is 2.23. The highest BCUT2D eigenvalue weighted by atomic mass is 35.5. The Balaban J connectivity index is 1.76. The first-order valence-corrected chi connectivity index (χ1v) is 8.53. The zero-order valence-corrected chi connectivity index (χ0v) is 12.6. The molecule has 1 N–H and O–H groups in total. The molecule has 0 saturated carbocycles. The van der Waals surface area contributed by atoms with Gasteiger partial charge in [0, 0.05) is 18.5 Å². The van der Waals surface area contributed by atoms with Crippen LogP contribution >= 0.6 is 11.6 Å². The topological polar surface area (TPSA) is 97.3 Å². The van der Waals surface area contributed by atoms with Crippen LogP contribution in [0.3, 0.4) is 0 Å². The van der Waals surface area contributed by atoms with E-state index in [-0.39, 0.29) is 23.0 Å². The maximum atomic E-state index is 11.4. The second-order valence-electron chi connectivity index (χ2n) is 4.74. The molecule has 1 atom stereocenters. The first kappa shape index (κ1) is 14.5. The quantitative estimate of drug-likeness (QED) is 0.832. The number of hydrogen-bond acceptors (Lipinski definition) is 8. The minimum Gasteiger partial charge on any atom is -0.378 e. The summed E-state index contributed by atoms with van der Waals surface area (Å²) < 4.78 is 28.0. The summed E-state index contributed by atoms with van der Waals surface area (Å²) in [5, 5.41) is 4.21. The maximum Gasteiger partial charge on any atom is 0.231 e. The van der Waals surface area contributed by atoms with Crippen molar-refractivity contribution in [3.63, 3.8) is 0 Å². The zero-order chi connectivity index (χ0) is 14.9. The van der Waals surface area contributed by atoms with Crippen LogP contribution in [0.1, 0.15) is 0 Å². The van der Waals surface area contributed by atoms with Crippen molar-refractivity contribution in [1.29, 1.82) is 0 Å². The highest BCUT2D eigenvalue weighted by molar-refractivity contribution is 7.94. The van der Waals surface area contributed by atoms with E-state index >= 15 is 0 Å². The maximum absolute atomic E-state index is 11.4. The summed E-state index contributed by atoms with van der Waals surface area (Å²) in [5.74, 6) is 0.720. The second-order valence-corrected chi connectivity index (χ2v) is 7.01. The number of rotatable bonds is 3. The van der Waals surface area contributed by atoms with Crippen LogP contribution in [0.5, 0.6) is 0 Å². The van der Waals surface area contributed by atoms with E-state index in [1.807, 2.05) is 4.90 Å². The van der Waals surface area contributed by atoms with Crippen LogP contribution in [-0.4, -0.2) is 61.5 Å². The Morgan fingerprint density at radius 1 is 1.29 bits per heavy atom. The lowest BCUT2D eigenvalue weighted by Crippen LogP contribution is -2.37. The summed E-state index contributed by atoms with van der Waals surface area (Å²) >= 11 is 5.91. The van der Waals surface area contributed by atoms with Gasteiger partial charge in [0.15, 0.2) is 9.84 Å². The molecule has 0 spiro atoms. The summed E-state index contributed by atoms with van der Waals surface area (Å²) in [5.41, 5.74) is 0. The van der Waals surface area contributed by atoms with Crippen molar-refractivity contribution in [1.82, 2.24) is 15.0 Å². The Bertz CT molecular complexity index is 660. The molecule has 2 aliphatic rings. The van der Waals surface area contributed by atoms with Crippen molar-refractivity contribution in [2.75, 3.05) is 42.3 Å². The van der Waals surface area contributed by atoms with Crippen molar-refractivity contribution in [2.45, 2.75) is 6.04 Å². The summed E-state index contributed by atoms with van der Waals surface area (Å²) in [7, 11) is -3.13. The van der Waals surface area contributed by atoms with Crippen molar-refractivity contribution in [3.8, 4) is 0 Å². The van der Waals surface area contributed by atoms with Crippen LogP contribution in [0.4, 0.5) is 11.9 Å². The van der Waals surface area contributed by atoms with Gasteiger partial charge in [-0.1, -0.05) is 0 Å². The molecule has 10 heteroatoms. The van der Waals surface area contributed by atoms with Gasteiger partial charge in [0.05, 0.1) is 25.0 Å². The van der Waals surface area contributed by atoms with E-state index < -0.39 is 9.84 Å². The van der Waals surface area contributed by atoms with Gasteiger partial charge >= 0.3 is 0 Å². The van der Waals surface area contributed by atoms with Crippen molar-refractivity contribution >= 4 is 33.3 Å². The largest absolute Gasteiger partial charge is 0.378 e. The predicted octanol–water partition coefficient (Wildman–Crippen LogP) is 0.0842. The Labute approximate surface area is 127 Å². The van der Waals surface area contributed by atoms with Gasteiger partial charge in [-0.05, 0) is 17.7 Å². The number of halogens is 1. The van der Waals surface area contributed by atoms with E-state index in [1.54, 1.807) is 6.08 Å². The van der Waals surface area contributed by atoms with Crippen LogP contribution in [0, 0.1) is 0 Å². The molecule has 21 heavy (non-hydrogen) atoms. The van der Waals surface area contributed by atoms with Gasteiger partial charge in [-0.3, -0.25) is 0 Å². The standard InChI is InChI=1S/C11H14ClN5O3S/c12-9-14-10(13-8-1-6-21(18,19)7-8)16-11(15-9)17-2-4-20-5-3-17/h1,6,8H,2-5,7H2,(H,13,14,15,16). The summed E-state index contributed by atoms with van der Waals surface area (Å²) in [4.78, 5) is 14.3. The highest BCUT2D eigenvalue weighted by Crippen LogP contribution is 2.17. The second kappa shape index (κ2) is 5.74. The average Bonchev–Trinajstić information content (AvgIpc) is 2.78. The monoisotopic (exact) mass is 331 g/mol. The zero-order valence-electron chi connectivity index (χ0n) is 11.1. The first-order valence-electron chi connectivity index (χ1n) is 6.44. The van der Waals surface area contributed by atoms with Crippen LogP contribution in [0.2, 0.25) is 5.28 Å². The lowest BCUT2D eigenvalue weighted by atomic mass is 10.3. The molecule has 0 aromatic carbocycles. The molecular formula is C11H14ClN5O3S. The van der Waals surface area contributed by atoms with Gasteiger partial charge in [0.25, 0.3) is 0 Å². The predicted molar refractivity (Wildman–Crippen MR) is 78.2 cm³/mol. The number of nitrogens with zero attached hydrogens (tertiary/aromatic N) is 4. The number of ether oxygens (including phenoxy) is 1. The van der Waals surface area contributed by atoms with E-state index in [1.165, 1.54) is 5.41 Å². The Morgan fingerprint density at radius 3 is 2.71 bits per heavy atom. The number of morpholine rings is 1. The molecule has 8 nitrogen and oxygen atoms in total. The fourth-order valence-electron chi connectivity index (χ4n) is 2.14. The number of aromatic nitrogens is 3. The van der Waals surface area contributed by atoms with E-state index in [0.717, 1.165) is 0 Å². The van der Waals surface area contributed by atoms with Crippen molar-refractivity contribution in [3.05, 3.63) is 16.8 Å². The molecule has 1 aromatic heterocycles. The van der Waals surface area contributed by atoms with E-state index in [0.29, 0.717) is 32.3 Å². The number of nitrogens with one attached hydrogen (secondary N) is 1. The minimum absolute atomic E-state index is 0.0107. The fourth-order valence-corrected chi connectivity index (χ4v) is 3.53. The molecule has 3 rings (SSSR count). The van der Waals surface area contributed by atoms with Crippen molar-refractivity contribution in [2.24, 2.45) is 0 Å². The van der Waals surface area contributed by atoms with Gasteiger partial charge in [-0.15, -0.1) is 0 Å². The third kappa shape index (κ3) is 3.60. The molecular weight excluding hydrogens is 318 g/mol. The third-order valence-corrected chi connectivity index (χ3v) is 4.70. The van der Waals surface area contributed by atoms with E-state index in [4.69, 9.17) is 16.3 Å². The Hall–Kier alpha value is -1.45. The molecule has 1 aromatic rings. The minimum atomic E-state index is -3.13. The fraction of sp³-hybridized carbons (Fsp3) is 0.545. The summed E-state index contributed by atoms with van der Waals surface area (Å²) in [6.07, 6.45) is 1.57. The number of sulfone groups is 1. The first-order chi connectivity index (χ1) is 10.0. The molecule has 0 bridgehead atoms. The molecule has 1 fully saturated rings. The summed E-state index contributed by atoms with van der Waals surface area (Å²) in [6, 6.07) is -0.356. The van der Waals surface area contributed by atoms with Crippen LogP contribution in [-0.2, 0) is 14.6 Å². The molecule has 1 saturated heterocycles. The Kier molecular flexibility index (Phi) is 3.96. The normalized spacial score (nSPS) is 24.2. The third-order valence-electron chi connectivity index (χ3n) is 3.13. The smallest absolute Gasteiger partial charge is 0.231 e. The average molecular weight is 332 g/mol. The number of hydrogen-bond donors (Lipinski definition) is 1. The van der Waals surface area contributed by atoms with E-state index in [9.17, 15) is 8.42 Å². The SMILES string of the molecule is O=S1(=O)C=CC(Nc2nc(Cl)nc(N3CCOCC3)n2)C1. The van der Waals surface area contributed by atoms with Crippen LogP contribution in [0.25, 0.3) is 0 Å². The molecule has 0 radical (unpaired) electrons. The van der Waals surface area contributed by atoms with Crippen LogP contribution < -0.4 is 10.2 Å². The molecule has 1 unspecified atom stereocenters.